The van der Waals surface area contributed by atoms with Crippen molar-refractivity contribution in [2.75, 3.05) is 11.5 Å². The molecule has 92 valence electrons. The van der Waals surface area contributed by atoms with Crippen molar-refractivity contribution in [2.24, 2.45) is 0 Å². The third-order valence-electron chi connectivity index (χ3n) is 1.91. The maximum absolute atomic E-state index is 10.5. The van der Waals surface area contributed by atoms with Crippen molar-refractivity contribution in [1.29, 1.82) is 0 Å². The molecule has 0 fully saturated rings. The van der Waals surface area contributed by atoms with Crippen LogP contribution < -0.4 is 16.2 Å². The number of hydrogen-bond donors (Lipinski definition) is 2. The van der Waals surface area contributed by atoms with Crippen molar-refractivity contribution >= 4 is 17.6 Å². The number of anilines is 2. The topological polar surface area (TPSA) is 143 Å². The van der Waals surface area contributed by atoms with Crippen molar-refractivity contribution < 1.29 is 9.66 Å². The lowest BCUT2D eigenvalue weighted by Crippen LogP contribution is -2.04. The molecule has 0 aliphatic carbocycles. The first-order valence-electron chi connectivity index (χ1n) is 4.74. The van der Waals surface area contributed by atoms with E-state index in [0.29, 0.717) is 5.75 Å². The summed E-state index contributed by atoms with van der Waals surface area (Å²) >= 11 is 0. The fourth-order valence-electron chi connectivity index (χ4n) is 1.18. The third-order valence-corrected chi connectivity index (χ3v) is 1.91. The Bertz CT molecular complexity index is 565. The maximum atomic E-state index is 10.5. The molecule has 0 aliphatic rings. The van der Waals surface area contributed by atoms with Gasteiger partial charge in [0, 0.05) is 12.1 Å². The number of rotatable bonds is 3. The van der Waals surface area contributed by atoms with E-state index >= 15 is 0 Å². The van der Waals surface area contributed by atoms with Crippen LogP contribution in [0, 0.1) is 10.1 Å². The van der Waals surface area contributed by atoms with Gasteiger partial charge in [-0.3, -0.25) is 10.1 Å². The van der Waals surface area contributed by atoms with Crippen LogP contribution in [0.25, 0.3) is 0 Å². The molecule has 2 rings (SSSR count). The Morgan fingerprint density at radius 1 is 1.06 bits per heavy atom. The standard InChI is InChI=1S/C9H8N6O3/c10-7-12-8(11)14-9(13-7)18-6-3-1-5(2-4-6)15(16)17/h1-4H,(H4,10,11,12,13,14). The van der Waals surface area contributed by atoms with Crippen LogP contribution in [0.15, 0.2) is 24.3 Å². The van der Waals surface area contributed by atoms with Gasteiger partial charge in [0.25, 0.3) is 5.69 Å². The van der Waals surface area contributed by atoms with Gasteiger partial charge in [-0.2, -0.15) is 15.0 Å². The minimum Gasteiger partial charge on any atom is -0.424 e. The number of nitro groups is 1. The highest BCUT2D eigenvalue weighted by Crippen LogP contribution is 2.21. The molecule has 0 atom stereocenters. The van der Waals surface area contributed by atoms with Crippen molar-refractivity contribution in [3.63, 3.8) is 0 Å². The molecule has 0 bridgehead atoms. The van der Waals surface area contributed by atoms with Crippen LogP contribution in [0.5, 0.6) is 11.8 Å². The zero-order chi connectivity index (χ0) is 13.1. The quantitative estimate of drug-likeness (QED) is 0.597. The first-order valence-corrected chi connectivity index (χ1v) is 4.74. The highest BCUT2D eigenvalue weighted by molar-refractivity contribution is 5.37. The Hall–Kier alpha value is -2.97. The fraction of sp³-hybridized carbons (Fsp3) is 0. The van der Waals surface area contributed by atoms with Gasteiger partial charge in [0.05, 0.1) is 4.92 Å². The first kappa shape index (κ1) is 11.5. The number of benzene rings is 1. The number of nitrogens with zero attached hydrogens (tertiary/aromatic N) is 4. The lowest BCUT2D eigenvalue weighted by Gasteiger charge is -2.03. The lowest BCUT2D eigenvalue weighted by molar-refractivity contribution is -0.384. The van der Waals surface area contributed by atoms with Crippen LogP contribution in [0.4, 0.5) is 17.6 Å². The van der Waals surface area contributed by atoms with Crippen LogP contribution in [0.1, 0.15) is 0 Å². The van der Waals surface area contributed by atoms with E-state index in [1.807, 2.05) is 0 Å². The number of aromatic nitrogens is 3. The van der Waals surface area contributed by atoms with Crippen LogP contribution in [0.3, 0.4) is 0 Å². The number of nitrogen functional groups attached to an aromatic ring is 2. The van der Waals surface area contributed by atoms with E-state index in [9.17, 15) is 10.1 Å². The van der Waals surface area contributed by atoms with E-state index in [1.165, 1.54) is 24.3 Å². The van der Waals surface area contributed by atoms with Crippen LogP contribution in [-0.2, 0) is 0 Å². The second-order valence-corrected chi connectivity index (χ2v) is 3.19. The molecule has 4 N–H and O–H groups in total. The van der Waals surface area contributed by atoms with Gasteiger partial charge in [0.2, 0.25) is 11.9 Å². The summed E-state index contributed by atoms with van der Waals surface area (Å²) in [6.45, 7) is 0. The Kier molecular flexibility index (Phi) is 2.87. The minimum atomic E-state index is -0.511. The number of hydrogen-bond acceptors (Lipinski definition) is 8. The van der Waals surface area contributed by atoms with Gasteiger partial charge in [0.1, 0.15) is 5.75 Å². The summed E-state index contributed by atoms with van der Waals surface area (Å²) in [5, 5.41) is 10.5. The molecule has 0 spiro atoms. The van der Waals surface area contributed by atoms with E-state index in [2.05, 4.69) is 15.0 Å². The molecule has 9 nitrogen and oxygen atoms in total. The zero-order valence-corrected chi connectivity index (χ0v) is 8.98. The van der Waals surface area contributed by atoms with E-state index in [0.717, 1.165) is 0 Å². The first-order chi connectivity index (χ1) is 8.54. The van der Waals surface area contributed by atoms with Gasteiger partial charge in [-0.25, -0.2) is 0 Å². The third kappa shape index (κ3) is 2.58. The monoisotopic (exact) mass is 248 g/mol. The molecule has 9 heteroatoms. The molecule has 0 saturated carbocycles. The zero-order valence-electron chi connectivity index (χ0n) is 8.98. The second-order valence-electron chi connectivity index (χ2n) is 3.19. The average molecular weight is 248 g/mol. The SMILES string of the molecule is Nc1nc(N)nc(Oc2ccc([N+](=O)[O-])cc2)n1. The Morgan fingerprint density at radius 2 is 1.61 bits per heavy atom. The Balaban J connectivity index is 2.20. The van der Waals surface area contributed by atoms with Crippen molar-refractivity contribution in [1.82, 2.24) is 15.0 Å². The van der Waals surface area contributed by atoms with E-state index < -0.39 is 4.92 Å². The minimum absolute atomic E-state index is 0.0444. The summed E-state index contributed by atoms with van der Waals surface area (Å²) < 4.78 is 5.23. The molecule has 0 unspecified atom stereocenters. The van der Waals surface area contributed by atoms with Gasteiger partial charge >= 0.3 is 6.01 Å². The number of nitro benzene ring substituents is 1. The summed E-state index contributed by atoms with van der Waals surface area (Å²) in [6.07, 6.45) is 0. The summed E-state index contributed by atoms with van der Waals surface area (Å²) in [7, 11) is 0. The smallest absolute Gasteiger partial charge is 0.328 e. The second kappa shape index (κ2) is 4.49. The van der Waals surface area contributed by atoms with Crippen LogP contribution >= 0.6 is 0 Å². The normalized spacial score (nSPS) is 10.0. The predicted molar refractivity (Wildman–Crippen MR) is 61.8 cm³/mol. The average Bonchev–Trinajstić information content (AvgIpc) is 2.28. The highest BCUT2D eigenvalue weighted by Gasteiger charge is 2.07. The van der Waals surface area contributed by atoms with Crippen molar-refractivity contribution in [3.8, 4) is 11.8 Å². The van der Waals surface area contributed by atoms with Gasteiger partial charge in [-0.05, 0) is 12.1 Å². The molecule has 0 saturated heterocycles. The number of non-ortho nitro benzene ring substituents is 1. The summed E-state index contributed by atoms with van der Waals surface area (Å²) in [4.78, 5) is 20.9. The molecule has 0 radical (unpaired) electrons. The van der Waals surface area contributed by atoms with Crippen LogP contribution in [-0.4, -0.2) is 19.9 Å². The largest absolute Gasteiger partial charge is 0.424 e. The van der Waals surface area contributed by atoms with Gasteiger partial charge < -0.3 is 16.2 Å². The highest BCUT2D eigenvalue weighted by atomic mass is 16.6. The molecule has 1 aromatic heterocycles. The number of ether oxygens (including phenoxy) is 1. The molecule has 2 aromatic rings. The molecule has 0 amide bonds. The predicted octanol–water partition coefficient (Wildman–Crippen LogP) is 0.736. The Morgan fingerprint density at radius 3 is 2.11 bits per heavy atom. The van der Waals surface area contributed by atoms with Crippen LogP contribution in [0.2, 0.25) is 0 Å². The summed E-state index contributed by atoms with van der Waals surface area (Å²) in [6, 6.07) is 5.34. The van der Waals surface area contributed by atoms with Gasteiger partial charge in [0.15, 0.2) is 0 Å². The molecule has 1 heterocycles. The van der Waals surface area contributed by atoms with Gasteiger partial charge in [-0.1, -0.05) is 0 Å². The fourth-order valence-corrected chi connectivity index (χ4v) is 1.18. The van der Waals surface area contributed by atoms with E-state index in [4.69, 9.17) is 16.2 Å². The summed E-state index contributed by atoms with van der Waals surface area (Å²) in [5.74, 6) is 0.185. The van der Waals surface area contributed by atoms with Gasteiger partial charge in [-0.15, -0.1) is 0 Å². The molecule has 0 aliphatic heterocycles. The Labute approximate surface area is 101 Å². The molecule has 1 aromatic carbocycles. The summed E-state index contributed by atoms with van der Waals surface area (Å²) in [5.41, 5.74) is 10.7. The van der Waals surface area contributed by atoms with E-state index in [1.54, 1.807) is 0 Å². The number of nitrogens with two attached hydrogens (primary N) is 2. The van der Waals surface area contributed by atoms with Crippen molar-refractivity contribution in [2.45, 2.75) is 0 Å². The molecular formula is C9H8N6O3. The molecular weight excluding hydrogens is 240 g/mol. The lowest BCUT2D eigenvalue weighted by atomic mass is 10.3. The maximum Gasteiger partial charge on any atom is 0.328 e. The molecule has 18 heavy (non-hydrogen) atoms. The van der Waals surface area contributed by atoms with E-state index in [-0.39, 0.29) is 23.6 Å². The van der Waals surface area contributed by atoms with Crippen molar-refractivity contribution in [3.05, 3.63) is 34.4 Å².